The lowest BCUT2D eigenvalue weighted by molar-refractivity contribution is 0.101. The summed E-state index contributed by atoms with van der Waals surface area (Å²) in [6.07, 6.45) is 6.06. The van der Waals surface area contributed by atoms with Crippen LogP contribution in [0.15, 0.2) is 12.1 Å². The van der Waals surface area contributed by atoms with Gasteiger partial charge in [0.15, 0.2) is 0 Å². The molecule has 0 radical (unpaired) electrons. The Morgan fingerprint density at radius 2 is 2.14 bits per heavy atom. The lowest BCUT2D eigenvalue weighted by atomic mass is 10.1. The van der Waals surface area contributed by atoms with E-state index in [1.807, 2.05) is 6.08 Å². The second kappa shape index (κ2) is 9.59. The van der Waals surface area contributed by atoms with Crippen molar-refractivity contribution in [3.8, 4) is 11.9 Å². The third-order valence-electron chi connectivity index (χ3n) is 2.94. The Morgan fingerprint density at radius 3 is 2.73 bits per heavy atom. The van der Waals surface area contributed by atoms with Crippen LogP contribution < -0.4 is 15.2 Å². The highest BCUT2D eigenvalue weighted by atomic mass is 16.6. The van der Waals surface area contributed by atoms with Crippen molar-refractivity contribution in [1.29, 1.82) is 0 Å². The number of rotatable bonds is 9. The zero-order valence-electron chi connectivity index (χ0n) is 13.2. The summed E-state index contributed by atoms with van der Waals surface area (Å²) in [5.41, 5.74) is 5.73. The highest BCUT2D eigenvalue weighted by Crippen LogP contribution is 2.16. The van der Waals surface area contributed by atoms with Gasteiger partial charge < -0.3 is 19.9 Å². The van der Waals surface area contributed by atoms with E-state index in [2.05, 4.69) is 16.9 Å². The zero-order valence-corrected chi connectivity index (χ0v) is 13.2. The van der Waals surface area contributed by atoms with Gasteiger partial charge in [-0.1, -0.05) is 25.8 Å². The number of hydrogen-bond donors (Lipinski definition) is 1. The standard InChI is InChI=1S/C15H23N3O4/c1-4-5-8-12(22-14(16)19)9-6-7-11-10-13(20-2)18-15(17-11)21-3/h6-7,10,12H,4-5,8-9H2,1-3H3,(H2,16,19)/b7-6-/t12-/m0/s1. The van der Waals surface area contributed by atoms with E-state index in [1.165, 1.54) is 14.2 Å². The number of nitrogens with two attached hydrogens (primary N) is 1. The van der Waals surface area contributed by atoms with Gasteiger partial charge in [0.05, 0.1) is 19.9 Å². The smallest absolute Gasteiger partial charge is 0.404 e. The average molecular weight is 309 g/mol. The molecule has 1 heterocycles. The van der Waals surface area contributed by atoms with Crippen LogP contribution in [0.5, 0.6) is 11.9 Å². The van der Waals surface area contributed by atoms with Gasteiger partial charge >= 0.3 is 12.1 Å². The maximum atomic E-state index is 10.9. The van der Waals surface area contributed by atoms with Gasteiger partial charge in [-0.2, -0.15) is 9.97 Å². The fourth-order valence-corrected chi connectivity index (χ4v) is 1.86. The molecule has 122 valence electrons. The molecule has 1 amide bonds. The highest BCUT2D eigenvalue weighted by molar-refractivity contribution is 5.64. The number of carbonyl (C=O) groups excluding carboxylic acids is 1. The first-order valence-corrected chi connectivity index (χ1v) is 7.18. The van der Waals surface area contributed by atoms with Gasteiger partial charge in [-0.25, -0.2) is 4.79 Å². The van der Waals surface area contributed by atoms with Crippen LogP contribution in [0.2, 0.25) is 0 Å². The number of primary amides is 1. The van der Waals surface area contributed by atoms with Crippen molar-refractivity contribution in [3.63, 3.8) is 0 Å². The molecule has 22 heavy (non-hydrogen) atoms. The minimum Gasteiger partial charge on any atom is -0.481 e. The summed E-state index contributed by atoms with van der Waals surface area (Å²) in [5, 5.41) is 0. The van der Waals surface area contributed by atoms with Crippen LogP contribution in [0.1, 0.15) is 38.3 Å². The minimum atomic E-state index is -0.750. The van der Waals surface area contributed by atoms with E-state index < -0.39 is 6.09 Å². The normalized spacial score (nSPS) is 12.1. The molecule has 0 aliphatic rings. The molecule has 1 aromatic heterocycles. The monoisotopic (exact) mass is 309 g/mol. The Hall–Kier alpha value is -2.31. The Balaban J connectivity index is 2.70. The summed E-state index contributed by atoms with van der Waals surface area (Å²) >= 11 is 0. The van der Waals surface area contributed by atoms with Crippen LogP contribution in [0.25, 0.3) is 6.08 Å². The second-order valence-electron chi connectivity index (χ2n) is 4.66. The summed E-state index contributed by atoms with van der Waals surface area (Å²) in [4.78, 5) is 19.1. The van der Waals surface area contributed by atoms with Gasteiger partial charge in [-0.3, -0.25) is 0 Å². The molecule has 0 aliphatic carbocycles. The van der Waals surface area contributed by atoms with Crippen molar-refractivity contribution in [3.05, 3.63) is 17.8 Å². The maximum absolute atomic E-state index is 10.9. The van der Waals surface area contributed by atoms with Crippen molar-refractivity contribution >= 4 is 12.2 Å². The fraction of sp³-hybridized carbons (Fsp3) is 0.533. The van der Waals surface area contributed by atoms with E-state index in [4.69, 9.17) is 19.9 Å². The average Bonchev–Trinajstić information content (AvgIpc) is 2.51. The largest absolute Gasteiger partial charge is 0.481 e. The molecule has 1 atom stereocenters. The molecule has 0 aliphatic heterocycles. The lowest BCUT2D eigenvalue weighted by Crippen LogP contribution is -2.22. The van der Waals surface area contributed by atoms with E-state index in [0.717, 1.165) is 19.3 Å². The first kappa shape index (κ1) is 17.7. The van der Waals surface area contributed by atoms with Crippen molar-refractivity contribution in [2.45, 2.75) is 38.7 Å². The van der Waals surface area contributed by atoms with Crippen LogP contribution in [-0.2, 0) is 4.74 Å². The van der Waals surface area contributed by atoms with E-state index in [0.29, 0.717) is 18.0 Å². The summed E-state index contributed by atoms with van der Waals surface area (Å²) in [5.74, 6) is 0.419. The molecule has 0 saturated heterocycles. The maximum Gasteiger partial charge on any atom is 0.404 e. The molecule has 0 unspecified atom stereocenters. The van der Waals surface area contributed by atoms with Gasteiger partial charge in [0.1, 0.15) is 6.10 Å². The van der Waals surface area contributed by atoms with Crippen molar-refractivity contribution in [2.24, 2.45) is 5.73 Å². The number of carbonyl (C=O) groups is 1. The molecule has 2 N–H and O–H groups in total. The Morgan fingerprint density at radius 1 is 1.36 bits per heavy atom. The molecule has 0 saturated carbocycles. The van der Waals surface area contributed by atoms with Crippen LogP contribution >= 0.6 is 0 Å². The number of unbranched alkanes of at least 4 members (excludes halogenated alkanes) is 1. The Labute approximate surface area is 130 Å². The zero-order chi connectivity index (χ0) is 16.4. The molecule has 1 rings (SSSR count). The summed E-state index contributed by atoms with van der Waals surface area (Å²) < 4.78 is 15.2. The van der Waals surface area contributed by atoms with Crippen LogP contribution in [0.3, 0.4) is 0 Å². The molecular weight excluding hydrogens is 286 g/mol. The molecule has 7 heteroatoms. The fourth-order valence-electron chi connectivity index (χ4n) is 1.86. The van der Waals surface area contributed by atoms with Crippen molar-refractivity contribution in [2.75, 3.05) is 14.2 Å². The van der Waals surface area contributed by atoms with E-state index >= 15 is 0 Å². The summed E-state index contributed by atoms with van der Waals surface area (Å²) in [6, 6.07) is 1.92. The third-order valence-corrected chi connectivity index (χ3v) is 2.94. The van der Waals surface area contributed by atoms with Gasteiger partial charge in [0, 0.05) is 12.5 Å². The number of amides is 1. The number of hydrogen-bond acceptors (Lipinski definition) is 6. The molecule has 0 aromatic carbocycles. The van der Waals surface area contributed by atoms with Crippen LogP contribution in [-0.4, -0.2) is 36.4 Å². The second-order valence-corrected chi connectivity index (χ2v) is 4.66. The topological polar surface area (TPSA) is 96.6 Å². The predicted octanol–water partition coefficient (Wildman–Crippen LogP) is 2.55. The number of ether oxygens (including phenoxy) is 3. The molecule has 0 bridgehead atoms. The lowest BCUT2D eigenvalue weighted by Gasteiger charge is -2.14. The first-order valence-electron chi connectivity index (χ1n) is 7.18. The van der Waals surface area contributed by atoms with E-state index in [1.54, 1.807) is 12.1 Å². The quantitative estimate of drug-likeness (QED) is 0.753. The predicted molar refractivity (Wildman–Crippen MR) is 82.8 cm³/mol. The van der Waals surface area contributed by atoms with E-state index in [-0.39, 0.29) is 12.1 Å². The Bertz CT molecular complexity index is 483. The molecule has 0 spiro atoms. The summed E-state index contributed by atoms with van der Waals surface area (Å²) in [6.45, 7) is 2.08. The molecule has 0 fully saturated rings. The van der Waals surface area contributed by atoms with Crippen molar-refractivity contribution in [1.82, 2.24) is 9.97 Å². The number of aromatic nitrogens is 2. The van der Waals surface area contributed by atoms with Crippen molar-refractivity contribution < 1.29 is 19.0 Å². The van der Waals surface area contributed by atoms with Gasteiger partial charge in [-0.15, -0.1) is 0 Å². The molecule has 7 nitrogen and oxygen atoms in total. The summed E-state index contributed by atoms with van der Waals surface area (Å²) in [7, 11) is 3.01. The van der Waals surface area contributed by atoms with E-state index in [9.17, 15) is 4.79 Å². The minimum absolute atomic E-state index is 0.223. The number of methoxy groups -OCH3 is 2. The SMILES string of the molecule is CCCC[C@@H](C/C=C\c1cc(OC)nc(OC)n1)OC(N)=O. The highest BCUT2D eigenvalue weighted by Gasteiger charge is 2.10. The van der Waals surface area contributed by atoms with Gasteiger partial charge in [0.2, 0.25) is 5.88 Å². The molecular formula is C15H23N3O4. The van der Waals surface area contributed by atoms with Crippen LogP contribution in [0, 0.1) is 0 Å². The van der Waals surface area contributed by atoms with Gasteiger partial charge in [0.25, 0.3) is 0 Å². The van der Waals surface area contributed by atoms with Gasteiger partial charge in [-0.05, 0) is 12.5 Å². The first-order chi connectivity index (χ1) is 10.6. The Kier molecular flexibility index (Phi) is 7.74. The number of nitrogens with zero attached hydrogens (tertiary/aromatic N) is 2. The third kappa shape index (κ3) is 6.43. The molecule has 1 aromatic rings. The van der Waals surface area contributed by atoms with Crippen LogP contribution in [0.4, 0.5) is 4.79 Å².